The van der Waals surface area contributed by atoms with Gasteiger partial charge in [-0.15, -0.1) is 0 Å². The second kappa shape index (κ2) is 4.81. The number of nitrogens with one attached hydrogen (secondary N) is 1. The Kier molecular flexibility index (Phi) is 3.14. The summed E-state index contributed by atoms with van der Waals surface area (Å²) in [5, 5.41) is 7.68. The van der Waals surface area contributed by atoms with Gasteiger partial charge in [-0.25, -0.2) is 4.98 Å². The number of nitrogen functional groups attached to an aromatic ring is 1. The van der Waals surface area contributed by atoms with Gasteiger partial charge in [-0.1, -0.05) is 0 Å². The normalized spacial score (nSPS) is 20.6. The standard InChI is InChI=1S/C14H21N5/c1-10-2-5-12(13(15)16)14(17-10)19-8-6-18(7-9-19)11-3-4-11/h2,5,11H,3-4,6-9H2,1H3,(H3,15,16). The zero-order valence-electron chi connectivity index (χ0n) is 11.4. The van der Waals surface area contributed by atoms with Crippen LogP contribution >= 0.6 is 0 Å². The van der Waals surface area contributed by atoms with Crippen LogP contribution < -0.4 is 10.6 Å². The molecule has 19 heavy (non-hydrogen) atoms. The summed E-state index contributed by atoms with van der Waals surface area (Å²) in [4.78, 5) is 9.43. The van der Waals surface area contributed by atoms with Crippen LogP contribution in [0.4, 0.5) is 5.82 Å². The van der Waals surface area contributed by atoms with Crippen molar-refractivity contribution in [2.75, 3.05) is 31.1 Å². The van der Waals surface area contributed by atoms with E-state index in [-0.39, 0.29) is 5.84 Å². The number of amidine groups is 1. The third kappa shape index (κ3) is 2.56. The van der Waals surface area contributed by atoms with E-state index in [1.807, 2.05) is 19.1 Å². The first-order valence-corrected chi connectivity index (χ1v) is 6.96. The van der Waals surface area contributed by atoms with Gasteiger partial charge in [-0.05, 0) is 31.9 Å². The van der Waals surface area contributed by atoms with Crippen LogP contribution in [0.2, 0.25) is 0 Å². The maximum absolute atomic E-state index is 7.68. The molecule has 1 aromatic rings. The lowest BCUT2D eigenvalue weighted by Crippen LogP contribution is -2.48. The van der Waals surface area contributed by atoms with Gasteiger partial charge in [0.15, 0.2) is 0 Å². The van der Waals surface area contributed by atoms with Crippen molar-refractivity contribution in [1.82, 2.24) is 9.88 Å². The maximum Gasteiger partial charge on any atom is 0.139 e. The molecule has 3 rings (SSSR count). The van der Waals surface area contributed by atoms with E-state index in [4.69, 9.17) is 11.1 Å². The highest BCUT2D eigenvalue weighted by Gasteiger charge is 2.31. The number of hydrogen-bond donors (Lipinski definition) is 2. The van der Waals surface area contributed by atoms with Gasteiger partial charge in [0.05, 0.1) is 5.56 Å². The molecule has 0 unspecified atom stereocenters. The van der Waals surface area contributed by atoms with Crippen molar-refractivity contribution in [3.63, 3.8) is 0 Å². The van der Waals surface area contributed by atoms with Crippen molar-refractivity contribution in [3.05, 3.63) is 23.4 Å². The van der Waals surface area contributed by atoms with Gasteiger partial charge in [0, 0.05) is 37.9 Å². The molecule has 2 fully saturated rings. The minimum absolute atomic E-state index is 0.104. The van der Waals surface area contributed by atoms with Gasteiger partial charge < -0.3 is 10.6 Å². The molecule has 0 spiro atoms. The Labute approximate surface area is 113 Å². The average molecular weight is 259 g/mol. The van der Waals surface area contributed by atoms with E-state index >= 15 is 0 Å². The first kappa shape index (κ1) is 12.4. The summed E-state index contributed by atoms with van der Waals surface area (Å²) in [6.45, 7) is 6.13. The van der Waals surface area contributed by atoms with Crippen molar-refractivity contribution in [1.29, 1.82) is 5.41 Å². The minimum Gasteiger partial charge on any atom is -0.384 e. The van der Waals surface area contributed by atoms with Crippen LogP contribution in [0, 0.1) is 12.3 Å². The Morgan fingerprint density at radius 3 is 2.53 bits per heavy atom. The van der Waals surface area contributed by atoms with Crippen molar-refractivity contribution in [2.24, 2.45) is 5.73 Å². The zero-order chi connectivity index (χ0) is 13.4. The Bertz CT molecular complexity index is 487. The number of hydrogen-bond acceptors (Lipinski definition) is 4. The molecule has 2 aliphatic rings. The summed E-state index contributed by atoms with van der Waals surface area (Å²) < 4.78 is 0. The summed E-state index contributed by atoms with van der Waals surface area (Å²) in [6.07, 6.45) is 2.72. The summed E-state index contributed by atoms with van der Waals surface area (Å²) in [6, 6.07) is 4.66. The van der Waals surface area contributed by atoms with E-state index in [1.165, 1.54) is 12.8 Å². The highest BCUT2D eigenvalue weighted by atomic mass is 15.3. The van der Waals surface area contributed by atoms with Crippen LogP contribution in [-0.2, 0) is 0 Å². The fourth-order valence-corrected chi connectivity index (χ4v) is 2.73. The largest absolute Gasteiger partial charge is 0.384 e. The van der Waals surface area contributed by atoms with Crippen LogP contribution in [0.3, 0.4) is 0 Å². The minimum atomic E-state index is 0.104. The van der Waals surface area contributed by atoms with Crippen LogP contribution in [0.5, 0.6) is 0 Å². The Morgan fingerprint density at radius 1 is 1.26 bits per heavy atom. The fraction of sp³-hybridized carbons (Fsp3) is 0.571. The van der Waals surface area contributed by atoms with E-state index in [1.54, 1.807) is 0 Å². The number of rotatable bonds is 3. The summed E-state index contributed by atoms with van der Waals surface area (Å²) in [7, 11) is 0. The van der Waals surface area contributed by atoms with E-state index in [2.05, 4.69) is 14.8 Å². The van der Waals surface area contributed by atoms with Crippen molar-refractivity contribution >= 4 is 11.7 Å². The number of anilines is 1. The molecule has 0 amide bonds. The Balaban J connectivity index is 1.78. The smallest absolute Gasteiger partial charge is 0.139 e. The summed E-state index contributed by atoms with van der Waals surface area (Å²) in [5.74, 6) is 0.982. The van der Waals surface area contributed by atoms with Crippen molar-refractivity contribution in [2.45, 2.75) is 25.8 Å². The predicted octanol–water partition coefficient (Wildman–Crippen LogP) is 0.958. The third-order valence-electron chi connectivity index (χ3n) is 3.98. The van der Waals surface area contributed by atoms with Gasteiger partial charge in [-0.3, -0.25) is 10.3 Å². The number of piperazine rings is 1. The fourth-order valence-electron chi connectivity index (χ4n) is 2.73. The van der Waals surface area contributed by atoms with Gasteiger partial charge in [0.1, 0.15) is 11.7 Å². The van der Waals surface area contributed by atoms with Crippen molar-refractivity contribution in [3.8, 4) is 0 Å². The molecule has 0 radical (unpaired) electrons. The van der Waals surface area contributed by atoms with Crippen LogP contribution in [0.15, 0.2) is 12.1 Å². The lowest BCUT2D eigenvalue weighted by atomic mass is 10.2. The number of nitrogens with zero attached hydrogens (tertiary/aromatic N) is 3. The van der Waals surface area contributed by atoms with Gasteiger partial charge in [0.25, 0.3) is 0 Å². The van der Waals surface area contributed by atoms with Gasteiger partial charge in [0.2, 0.25) is 0 Å². The number of aromatic nitrogens is 1. The van der Waals surface area contributed by atoms with Crippen molar-refractivity contribution < 1.29 is 0 Å². The summed E-state index contributed by atoms with van der Waals surface area (Å²) >= 11 is 0. The highest BCUT2D eigenvalue weighted by molar-refractivity contribution is 5.99. The molecule has 1 aliphatic carbocycles. The van der Waals surface area contributed by atoms with E-state index in [0.29, 0.717) is 0 Å². The Hall–Kier alpha value is -1.62. The van der Waals surface area contributed by atoms with Gasteiger partial charge in [-0.2, -0.15) is 0 Å². The lowest BCUT2D eigenvalue weighted by Gasteiger charge is -2.36. The lowest BCUT2D eigenvalue weighted by molar-refractivity contribution is 0.247. The average Bonchev–Trinajstić information content (AvgIpc) is 3.23. The van der Waals surface area contributed by atoms with Crippen LogP contribution in [0.1, 0.15) is 24.1 Å². The third-order valence-corrected chi connectivity index (χ3v) is 3.98. The molecule has 5 heteroatoms. The van der Waals surface area contributed by atoms with Gasteiger partial charge >= 0.3 is 0 Å². The molecule has 1 saturated carbocycles. The monoisotopic (exact) mass is 259 g/mol. The number of pyridine rings is 1. The first-order valence-electron chi connectivity index (χ1n) is 6.96. The van der Waals surface area contributed by atoms with E-state index in [0.717, 1.165) is 49.3 Å². The van der Waals surface area contributed by atoms with Crippen LogP contribution in [0.25, 0.3) is 0 Å². The topological polar surface area (TPSA) is 69.2 Å². The molecule has 0 atom stereocenters. The van der Waals surface area contributed by atoms with E-state index < -0.39 is 0 Å². The van der Waals surface area contributed by atoms with E-state index in [9.17, 15) is 0 Å². The zero-order valence-corrected chi connectivity index (χ0v) is 11.4. The number of nitrogens with two attached hydrogens (primary N) is 1. The SMILES string of the molecule is Cc1ccc(C(=N)N)c(N2CCN(C3CC3)CC2)n1. The Morgan fingerprint density at radius 2 is 1.95 bits per heavy atom. The molecule has 3 N–H and O–H groups in total. The molecular formula is C14H21N5. The second-order valence-electron chi connectivity index (χ2n) is 5.49. The molecule has 1 saturated heterocycles. The maximum atomic E-state index is 7.68. The predicted molar refractivity (Wildman–Crippen MR) is 76.8 cm³/mol. The summed E-state index contributed by atoms with van der Waals surface area (Å²) in [5.41, 5.74) is 7.39. The van der Waals surface area contributed by atoms with Crippen LogP contribution in [-0.4, -0.2) is 47.9 Å². The number of aryl methyl sites for hydroxylation is 1. The molecule has 0 aromatic carbocycles. The molecule has 102 valence electrons. The molecule has 1 aliphatic heterocycles. The molecule has 1 aromatic heterocycles. The second-order valence-corrected chi connectivity index (χ2v) is 5.49. The molecular weight excluding hydrogens is 238 g/mol. The molecule has 2 heterocycles. The molecule has 0 bridgehead atoms. The highest BCUT2D eigenvalue weighted by Crippen LogP contribution is 2.28. The molecule has 5 nitrogen and oxygen atoms in total. The quantitative estimate of drug-likeness (QED) is 0.626. The first-order chi connectivity index (χ1) is 9.15.